The number of nitrogens with one attached hydrogen (secondary N) is 2. The van der Waals surface area contributed by atoms with Crippen molar-refractivity contribution in [3.05, 3.63) is 65.7 Å². The van der Waals surface area contributed by atoms with Crippen LogP contribution in [0.3, 0.4) is 0 Å². The van der Waals surface area contributed by atoms with Crippen molar-refractivity contribution in [1.82, 2.24) is 15.8 Å². The van der Waals surface area contributed by atoms with Crippen LogP contribution in [0, 0.1) is 0 Å². The van der Waals surface area contributed by atoms with E-state index in [4.69, 9.17) is 10.3 Å². The van der Waals surface area contributed by atoms with Gasteiger partial charge in [-0.2, -0.15) is 0 Å². The number of benzene rings is 2. The summed E-state index contributed by atoms with van der Waals surface area (Å²) in [5, 5.41) is 9.68. The molecule has 0 unspecified atom stereocenters. The maximum atomic E-state index is 12.1. The molecule has 0 spiro atoms. The van der Waals surface area contributed by atoms with Crippen molar-refractivity contribution >= 4 is 5.91 Å². The van der Waals surface area contributed by atoms with Crippen LogP contribution in [0.2, 0.25) is 0 Å². The number of carbonyl (C=O) groups excluding carboxylic acids is 1. The fraction of sp³-hybridized carbons (Fsp3) is 0.200. The lowest BCUT2D eigenvalue weighted by Crippen LogP contribution is -2.29. The molecule has 140 valence electrons. The highest BCUT2D eigenvalue weighted by Crippen LogP contribution is 2.26. The Bertz CT molecular complexity index is 893. The first-order valence-electron chi connectivity index (χ1n) is 8.62. The van der Waals surface area contributed by atoms with E-state index in [1.165, 1.54) is 0 Å². The molecule has 27 heavy (non-hydrogen) atoms. The molecule has 1 heterocycles. The van der Waals surface area contributed by atoms with E-state index >= 15 is 0 Å². The molecule has 3 aromatic rings. The van der Waals surface area contributed by atoms with Crippen molar-refractivity contribution in [2.45, 2.75) is 6.54 Å². The fourth-order valence-corrected chi connectivity index (χ4v) is 2.65. The van der Waals surface area contributed by atoms with Gasteiger partial charge in [0.2, 0.25) is 0 Å². The van der Waals surface area contributed by atoms with E-state index in [2.05, 4.69) is 15.8 Å². The van der Waals surface area contributed by atoms with Crippen LogP contribution in [-0.4, -0.2) is 31.0 Å². The molecule has 1 amide bonds. The Morgan fingerprint density at radius 3 is 2.67 bits per heavy atom. The van der Waals surface area contributed by atoms with E-state index in [1.807, 2.05) is 36.4 Å². The summed E-state index contributed by atoms with van der Waals surface area (Å²) in [5.74, 6) is 0.394. The first-order chi connectivity index (χ1) is 13.2. The predicted octanol–water partition coefficient (Wildman–Crippen LogP) is 2.71. The smallest absolute Gasteiger partial charge is 0.252 e. The Morgan fingerprint density at radius 2 is 1.93 bits per heavy atom. The molecule has 0 saturated heterocycles. The van der Waals surface area contributed by atoms with E-state index < -0.39 is 0 Å². The SMILES string of the molecule is NCNC(=O)c1cccc(-c2cc(-c3ccc(CNCCF)cc3)on2)c1. The molecule has 2 aromatic carbocycles. The van der Waals surface area contributed by atoms with Crippen LogP contribution < -0.4 is 16.4 Å². The van der Waals surface area contributed by atoms with Gasteiger partial charge in [0.25, 0.3) is 5.91 Å². The summed E-state index contributed by atoms with van der Waals surface area (Å²) >= 11 is 0. The highest BCUT2D eigenvalue weighted by atomic mass is 19.1. The third-order valence-electron chi connectivity index (χ3n) is 4.03. The topological polar surface area (TPSA) is 93.2 Å². The molecule has 0 saturated carbocycles. The summed E-state index contributed by atoms with van der Waals surface area (Å²) in [4.78, 5) is 11.9. The lowest BCUT2D eigenvalue weighted by atomic mass is 10.1. The van der Waals surface area contributed by atoms with Gasteiger partial charge in [0.05, 0.1) is 6.67 Å². The largest absolute Gasteiger partial charge is 0.356 e. The number of amides is 1. The van der Waals surface area contributed by atoms with Crippen molar-refractivity contribution in [3.63, 3.8) is 0 Å². The van der Waals surface area contributed by atoms with Gasteiger partial charge in [-0.15, -0.1) is 0 Å². The molecule has 0 atom stereocenters. The Kier molecular flexibility index (Phi) is 6.30. The van der Waals surface area contributed by atoms with Gasteiger partial charge in [0.15, 0.2) is 5.76 Å². The molecule has 0 bridgehead atoms. The Hall–Kier alpha value is -3.03. The molecule has 0 aliphatic carbocycles. The molecule has 0 fully saturated rings. The normalized spacial score (nSPS) is 10.7. The fourth-order valence-electron chi connectivity index (χ4n) is 2.65. The van der Waals surface area contributed by atoms with Gasteiger partial charge in [-0.25, -0.2) is 4.39 Å². The van der Waals surface area contributed by atoms with Crippen LogP contribution in [0.1, 0.15) is 15.9 Å². The first kappa shape index (κ1) is 18.8. The average molecular weight is 368 g/mol. The lowest BCUT2D eigenvalue weighted by Gasteiger charge is -2.03. The molecule has 4 N–H and O–H groups in total. The zero-order valence-corrected chi connectivity index (χ0v) is 14.7. The van der Waals surface area contributed by atoms with Gasteiger partial charge >= 0.3 is 0 Å². The van der Waals surface area contributed by atoms with Gasteiger partial charge in [-0.3, -0.25) is 4.79 Å². The van der Waals surface area contributed by atoms with E-state index in [9.17, 15) is 9.18 Å². The van der Waals surface area contributed by atoms with Crippen LogP contribution in [0.25, 0.3) is 22.6 Å². The number of halogens is 1. The Morgan fingerprint density at radius 1 is 1.11 bits per heavy atom. The number of hydrogen-bond acceptors (Lipinski definition) is 5. The minimum Gasteiger partial charge on any atom is -0.356 e. The van der Waals surface area contributed by atoms with Gasteiger partial charge in [-0.1, -0.05) is 41.6 Å². The van der Waals surface area contributed by atoms with Crippen molar-refractivity contribution < 1.29 is 13.7 Å². The zero-order chi connectivity index (χ0) is 19.1. The summed E-state index contributed by atoms with van der Waals surface area (Å²) in [6.07, 6.45) is 0. The quantitative estimate of drug-likeness (QED) is 0.420. The second-order valence-electron chi connectivity index (χ2n) is 5.93. The molecule has 0 aliphatic rings. The highest BCUT2D eigenvalue weighted by molar-refractivity contribution is 5.95. The molecule has 1 aromatic heterocycles. The van der Waals surface area contributed by atoms with Gasteiger partial charge in [0.1, 0.15) is 12.4 Å². The number of hydrogen-bond donors (Lipinski definition) is 3. The van der Waals surface area contributed by atoms with E-state index in [0.717, 1.165) is 16.7 Å². The second-order valence-corrected chi connectivity index (χ2v) is 5.93. The molecular weight excluding hydrogens is 347 g/mol. The number of rotatable bonds is 8. The minimum atomic E-state index is -0.381. The summed E-state index contributed by atoms with van der Waals surface area (Å²) in [6, 6.07) is 16.7. The zero-order valence-electron chi connectivity index (χ0n) is 14.7. The standard InChI is InChI=1S/C20H21FN4O2/c21-8-9-23-12-14-4-6-15(7-5-14)19-11-18(25-27-19)16-2-1-3-17(10-16)20(26)24-13-22/h1-7,10-11,23H,8-9,12-13,22H2,(H,24,26). The van der Waals surface area contributed by atoms with Crippen LogP contribution in [0.4, 0.5) is 4.39 Å². The van der Waals surface area contributed by atoms with E-state index in [1.54, 1.807) is 18.2 Å². The van der Waals surface area contributed by atoms with Crippen LogP contribution in [-0.2, 0) is 6.54 Å². The van der Waals surface area contributed by atoms with Crippen molar-refractivity contribution in [3.8, 4) is 22.6 Å². The Labute approximate surface area is 156 Å². The van der Waals surface area contributed by atoms with E-state index in [-0.39, 0.29) is 19.3 Å². The van der Waals surface area contributed by atoms with Crippen LogP contribution in [0.15, 0.2) is 59.1 Å². The maximum Gasteiger partial charge on any atom is 0.252 e. The number of aromatic nitrogens is 1. The predicted molar refractivity (Wildman–Crippen MR) is 102 cm³/mol. The van der Waals surface area contributed by atoms with Gasteiger partial charge in [-0.05, 0) is 17.7 Å². The molecule has 3 rings (SSSR count). The molecule has 0 radical (unpaired) electrons. The number of carbonyl (C=O) groups is 1. The third kappa shape index (κ3) is 4.78. The second kappa shape index (κ2) is 9.07. The third-order valence-corrected chi connectivity index (χ3v) is 4.03. The van der Waals surface area contributed by atoms with E-state index in [0.29, 0.717) is 30.1 Å². The van der Waals surface area contributed by atoms with Gasteiger partial charge < -0.3 is 20.9 Å². The van der Waals surface area contributed by atoms with Crippen molar-refractivity contribution in [2.24, 2.45) is 5.73 Å². The number of alkyl halides is 1. The first-order valence-corrected chi connectivity index (χ1v) is 8.62. The average Bonchev–Trinajstić information content (AvgIpc) is 3.19. The monoisotopic (exact) mass is 368 g/mol. The molecular formula is C20H21FN4O2. The van der Waals surface area contributed by atoms with Crippen molar-refractivity contribution in [1.29, 1.82) is 0 Å². The van der Waals surface area contributed by atoms with Crippen LogP contribution in [0.5, 0.6) is 0 Å². The Balaban J connectivity index is 1.75. The van der Waals surface area contributed by atoms with Crippen LogP contribution >= 0.6 is 0 Å². The highest BCUT2D eigenvalue weighted by Gasteiger charge is 2.11. The van der Waals surface area contributed by atoms with Crippen molar-refractivity contribution in [2.75, 3.05) is 19.9 Å². The molecule has 7 heteroatoms. The maximum absolute atomic E-state index is 12.1. The molecule has 6 nitrogen and oxygen atoms in total. The number of nitrogens with zero attached hydrogens (tertiary/aromatic N) is 1. The lowest BCUT2D eigenvalue weighted by molar-refractivity contribution is 0.0955. The van der Waals surface area contributed by atoms with Gasteiger partial charge in [0, 0.05) is 35.8 Å². The molecule has 0 aliphatic heterocycles. The summed E-state index contributed by atoms with van der Waals surface area (Å²) in [7, 11) is 0. The summed E-state index contributed by atoms with van der Waals surface area (Å²) < 4.78 is 17.6. The summed E-state index contributed by atoms with van der Waals surface area (Å²) in [6.45, 7) is 0.656. The minimum absolute atomic E-state index is 0.0798. The number of nitrogens with two attached hydrogens (primary N) is 1. The summed E-state index contributed by atoms with van der Waals surface area (Å²) in [5.41, 5.74) is 9.22.